The van der Waals surface area contributed by atoms with E-state index in [-0.39, 0.29) is 0 Å². The molecule has 0 aromatic rings. The topological polar surface area (TPSA) is 18.8 Å². The molecule has 1 fully saturated rings. The third kappa shape index (κ3) is 6.02. The zero-order valence-electron chi connectivity index (χ0n) is 13.4. The fourth-order valence-electron chi connectivity index (χ4n) is 2.03. The summed E-state index contributed by atoms with van der Waals surface area (Å²) in [5.74, 6) is 13.1. The van der Waals surface area contributed by atoms with Crippen molar-refractivity contribution in [2.45, 2.75) is 52.5 Å². The predicted octanol–water partition coefficient (Wildman–Crippen LogP) is 2.59. The van der Waals surface area contributed by atoms with E-state index >= 15 is 0 Å². The van der Waals surface area contributed by atoms with Gasteiger partial charge in [-0.05, 0) is 38.5 Å². The fourth-order valence-corrected chi connectivity index (χ4v) is 2.03. The minimum Gasteiger partial charge on any atom is -0.344 e. The first-order valence-electron chi connectivity index (χ1n) is 7.64. The molecule has 0 N–H and O–H groups in total. The Hall–Kier alpha value is -1.61. The van der Waals surface area contributed by atoms with E-state index in [2.05, 4.69) is 61.3 Å². The van der Waals surface area contributed by atoms with Crippen molar-refractivity contribution in [3.63, 3.8) is 0 Å². The highest BCUT2D eigenvalue weighted by molar-refractivity contribution is 5.81. The molecular weight excluding hydrogens is 246 g/mol. The zero-order chi connectivity index (χ0) is 14.8. The van der Waals surface area contributed by atoms with E-state index in [1.165, 1.54) is 0 Å². The molecule has 0 atom stereocenters. The maximum atomic E-state index is 4.70. The number of hydrogen-bond acceptors (Lipinski definition) is 1. The van der Waals surface area contributed by atoms with E-state index < -0.39 is 0 Å². The van der Waals surface area contributed by atoms with Crippen LogP contribution in [-0.4, -0.2) is 48.5 Å². The van der Waals surface area contributed by atoms with Crippen LogP contribution < -0.4 is 0 Å². The first-order valence-corrected chi connectivity index (χ1v) is 7.64. The van der Waals surface area contributed by atoms with Crippen LogP contribution in [0.3, 0.4) is 0 Å². The quantitative estimate of drug-likeness (QED) is 0.566. The van der Waals surface area contributed by atoms with Crippen LogP contribution in [0, 0.1) is 23.7 Å². The molecule has 0 bridgehead atoms. The van der Waals surface area contributed by atoms with Gasteiger partial charge in [0.1, 0.15) is 0 Å². The number of hydrogen-bond donors (Lipinski definition) is 0. The lowest BCUT2D eigenvalue weighted by molar-refractivity contribution is 0.450. The maximum absolute atomic E-state index is 4.70. The Bertz CT molecular complexity index is 429. The summed E-state index contributed by atoms with van der Waals surface area (Å²) in [5.41, 5.74) is 0. The standard InChI is InChI=1S/C17H27N3/c1-5-6-7-8-9-10-11-12-13-20-15-14-19(4)17(20)18-16(2)3/h16H,5-6,11-15H2,1-4H3/b18-17+. The first kappa shape index (κ1) is 16.4. The Morgan fingerprint density at radius 2 is 1.85 bits per heavy atom. The number of guanidine groups is 1. The number of likely N-dealkylation sites (N-methyl/N-ethyl adjacent to an activating group) is 1. The second kappa shape index (κ2) is 9.32. The third-order valence-corrected chi connectivity index (χ3v) is 3.05. The molecule has 1 heterocycles. The van der Waals surface area contributed by atoms with Crippen LogP contribution in [0.4, 0.5) is 0 Å². The average molecular weight is 273 g/mol. The number of rotatable bonds is 5. The molecule has 3 heteroatoms. The van der Waals surface area contributed by atoms with Crippen molar-refractivity contribution < 1.29 is 0 Å². The van der Waals surface area contributed by atoms with Crippen LogP contribution in [0.2, 0.25) is 0 Å². The molecule has 0 unspecified atom stereocenters. The lowest BCUT2D eigenvalue weighted by Crippen LogP contribution is -2.33. The third-order valence-electron chi connectivity index (χ3n) is 3.05. The van der Waals surface area contributed by atoms with Gasteiger partial charge in [0.15, 0.2) is 5.96 Å². The van der Waals surface area contributed by atoms with Gasteiger partial charge < -0.3 is 9.80 Å². The Kier molecular flexibility index (Phi) is 7.66. The minimum absolute atomic E-state index is 0.349. The summed E-state index contributed by atoms with van der Waals surface area (Å²) in [4.78, 5) is 9.30. The van der Waals surface area contributed by atoms with E-state index in [0.717, 1.165) is 51.3 Å². The number of unbranched alkanes of at least 4 members (excludes halogenated alkanes) is 2. The summed E-state index contributed by atoms with van der Waals surface area (Å²) in [5, 5.41) is 0. The average Bonchev–Trinajstić information content (AvgIpc) is 2.74. The van der Waals surface area contributed by atoms with Gasteiger partial charge in [-0.3, -0.25) is 4.99 Å². The van der Waals surface area contributed by atoms with Gasteiger partial charge in [-0.2, -0.15) is 0 Å². The second-order valence-electron chi connectivity index (χ2n) is 5.39. The zero-order valence-corrected chi connectivity index (χ0v) is 13.4. The van der Waals surface area contributed by atoms with Gasteiger partial charge >= 0.3 is 0 Å². The Morgan fingerprint density at radius 1 is 1.15 bits per heavy atom. The molecule has 1 saturated heterocycles. The monoisotopic (exact) mass is 273 g/mol. The highest BCUT2D eigenvalue weighted by Gasteiger charge is 2.22. The summed E-state index contributed by atoms with van der Waals surface area (Å²) in [6.45, 7) is 9.56. The van der Waals surface area contributed by atoms with Crippen molar-refractivity contribution in [2.75, 3.05) is 26.7 Å². The first-order chi connectivity index (χ1) is 9.65. The molecule has 0 amide bonds. The van der Waals surface area contributed by atoms with Gasteiger partial charge in [0.2, 0.25) is 0 Å². The van der Waals surface area contributed by atoms with E-state index in [4.69, 9.17) is 4.99 Å². The van der Waals surface area contributed by atoms with Crippen molar-refractivity contribution >= 4 is 5.96 Å². The normalized spacial score (nSPS) is 16.1. The maximum Gasteiger partial charge on any atom is 0.196 e. The molecule has 20 heavy (non-hydrogen) atoms. The lowest BCUT2D eigenvalue weighted by Gasteiger charge is -2.21. The summed E-state index contributed by atoms with van der Waals surface area (Å²) >= 11 is 0. The summed E-state index contributed by atoms with van der Waals surface area (Å²) in [7, 11) is 2.12. The van der Waals surface area contributed by atoms with Crippen molar-refractivity contribution in [2.24, 2.45) is 4.99 Å². The number of nitrogens with zero attached hydrogens (tertiary/aromatic N) is 3. The van der Waals surface area contributed by atoms with Crippen LogP contribution in [0.5, 0.6) is 0 Å². The minimum atomic E-state index is 0.349. The van der Waals surface area contributed by atoms with Crippen LogP contribution in [0.1, 0.15) is 46.5 Å². The second-order valence-corrected chi connectivity index (χ2v) is 5.39. The summed E-state index contributed by atoms with van der Waals surface area (Å²) in [6.07, 6.45) is 4.04. The van der Waals surface area contributed by atoms with Crippen LogP contribution in [-0.2, 0) is 0 Å². The largest absolute Gasteiger partial charge is 0.344 e. The molecule has 1 rings (SSSR count). The van der Waals surface area contributed by atoms with Gasteiger partial charge in [-0.25, -0.2) is 0 Å². The molecule has 0 saturated carbocycles. The van der Waals surface area contributed by atoms with Crippen molar-refractivity contribution in [1.82, 2.24) is 9.80 Å². The highest BCUT2D eigenvalue weighted by atomic mass is 15.4. The Labute approximate surface area is 124 Å². The van der Waals surface area contributed by atoms with Gasteiger partial charge in [0.25, 0.3) is 0 Å². The number of aliphatic imine (C=N–C) groups is 1. The van der Waals surface area contributed by atoms with Gasteiger partial charge in [-0.1, -0.05) is 18.8 Å². The van der Waals surface area contributed by atoms with E-state index in [1.807, 2.05) is 0 Å². The molecule has 110 valence electrons. The van der Waals surface area contributed by atoms with Crippen molar-refractivity contribution in [3.8, 4) is 23.7 Å². The van der Waals surface area contributed by atoms with Crippen LogP contribution in [0.15, 0.2) is 4.99 Å². The van der Waals surface area contributed by atoms with Crippen LogP contribution in [0.25, 0.3) is 0 Å². The van der Waals surface area contributed by atoms with Crippen molar-refractivity contribution in [3.05, 3.63) is 0 Å². The molecule has 3 nitrogen and oxygen atoms in total. The van der Waals surface area contributed by atoms with Gasteiger partial charge in [0, 0.05) is 45.6 Å². The van der Waals surface area contributed by atoms with E-state index in [1.54, 1.807) is 0 Å². The molecule has 0 spiro atoms. The highest BCUT2D eigenvalue weighted by Crippen LogP contribution is 2.09. The smallest absolute Gasteiger partial charge is 0.196 e. The SMILES string of the molecule is CCCC#CC#CCCCN1CCN(C)/C1=N\C(C)C. The predicted molar refractivity (Wildman–Crippen MR) is 86.5 cm³/mol. The van der Waals surface area contributed by atoms with Gasteiger partial charge in [-0.15, -0.1) is 0 Å². The lowest BCUT2D eigenvalue weighted by atomic mass is 10.3. The van der Waals surface area contributed by atoms with Crippen LogP contribution >= 0.6 is 0 Å². The van der Waals surface area contributed by atoms with E-state index in [0.29, 0.717) is 6.04 Å². The van der Waals surface area contributed by atoms with Crippen molar-refractivity contribution in [1.29, 1.82) is 0 Å². The molecule has 0 aliphatic carbocycles. The molecular formula is C17H27N3. The molecule has 1 aliphatic rings. The fraction of sp³-hybridized carbons (Fsp3) is 0.706. The Morgan fingerprint density at radius 3 is 2.50 bits per heavy atom. The van der Waals surface area contributed by atoms with Gasteiger partial charge in [0.05, 0.1) is 0 Å². The summed E-state index contributed by atoms with van der Waals surface area (Å²) < 4.78 is 0. The summed E-state index contributed by atoms with van der Waals surface area (Å²) in [6, 6.07) is 0.349. The molecule has 1 aliphatic heterocycles. The molecule has 0 aromatic heterocycles. The Balaban J connectivity index is 2.33. The molecule has 0 radical (unpaired) electrons. The molecule has 0 aromatic carbocycles. The van der Waals surface area contributed by atoms with E-state index in [9.17, 15) is 0 Å².